The van der Waals surface area contributed by atoms with Crippen LogP contribution in [-0.4, -0.2) is 4.98 Å². The van der Waals surface area contributed by atoms with Gasteiger partial charge in [-0.1, -0.05) is 72.0 Å². The third kappa shape index (κ3) is 2.89. The zero-order valence-electron chi connectivity index (χ0n) is 11.3. The van der Waals surface area contributed by atoms with Gasteiger partial charge < -0.3 is 5.32 Å². The number of hydrogen-bond acceptors (Lipinski definition) is 3. The van der Waals surface area contributed by atoms with E-state index in [9.17, 15) is 0 Å². The van der Waals surface area contributed by atoms with Crippen LogP contribution < -0.4 is 5.32 Å². The quantitative estimate of drug-likeness (QED) is 0.728. The largest absolute Gasteiger partial charge is 0.355 e. The standard InChI is InChI=1S/C17H16N2S/c1-13(14-8-4-2-5-9-14)19-17-18-12-16(20-17)15-10-6-3-7-11-15/h2-13H,1H3,(H,18,19)/t13-/m0/s1. The molecule has 1 heterocycles. The molecule has 0 saturated carbocycles. The summed E-state index contributed by atoms with van der Waals surface area (Å²) in [5.41, 5.74) is 2.48. The molecule has 2 aromatic carbocycles. The van der Waals surface area contributed by atoms with Crippen LogP contribution in [0.4, 0.5) is 5.13 Å². The van der Waals surface area contributed by atoms with E-state index in [1.165, 1.54) is 16.0 Å². The summed E-state index contributed by atoms with van der Waals surface area (Å²) in [5, 5.41) is 4.41. The Morgan fingerprint density at radius 3 is 2.30 bits per heavy atom. The molecule has 100 valence electrons. The minimum atomic E-state index is 0.256. The molecule has 0 radical (unpaired) electrons. The Bertz CT molecular complexity index is 662. The van der Waals surface area contributed by atoms with Gasteiger partial charge in [-0.2, -0.15) is 0 Å². The minimum absolute atomic E-state index is 0.256. The van der Waals surface area contributed by atoms with Crippen molar-refractivity contribution >= 4 is 16.5 Å². The second-order valence-electron chi connectivity index (χ2n) is 4.67. The van der Waals surface area contributed by atoms with E-state index in [0.717, 1.165) is 5.13 Å². The predicted octanol–water partition coefficient (Wildman–Crippen LogP) is 4.98. The number of nitrogens with one attached hydrogen (secondary N) is 1. The van der Waals surface area contributed by atoms with Crippen molar-refractivity contribution < 1.29 is 0 Å². The molecule has 0 aliphatic heterocycles. The molecule has 1 aromatic heterocycles. The molecule has 0 unspecified atom stereocenters. The molecule has 20 heavy (non-hydrogen) atoms. The molecular formula is C17H16N2S. The van der Waals surface area contributed by atoms with Crippen molar-refractivity contribution in [3.63, 3.8) is 0 Å². The summed E-state index contributed by atoms with van der Waals surface area (Å²) in [6.07, 6.45) is 1.93. The summed E-state index contributed by atoms with van der Waals surface area (Å²) in [6, 6.07) is 21.0. The molecule has 0 aliphatic rings. The van der Waals surface area contributed by atoms with E-state index in [-0.39, 0.29) is 6.04 Å². The lowest BCUT2D eigenvalue weighted by molar-refractivity contribution is 0.882. The van der Waals surface area contributed by atoms with Gasteiger partial charge in [0, 0.05) is 6.20 Å². The molecule has 0 bridgehead atoms. The van der Waals surface area contributed by atoms with E-state index in [1.54, 1.807) is 11.3 Å². The van der Waals surface area contributed by atoms with Crippen LogP contribution in [0.25, 0.3) is 10.4 Å². The van der Waals surface area contributed by atoms with E-state index in [4.69, 9.17) is 0 Å². The van der Waals surface area contributed by atoms with E-state index in [1.807, 2.05) is 18.3 Å². The molecular weight excluding hydrogens is 264 g/mol. The van der Waals surface area contributed by atoms with Crippen LogP contribution in [-0.2, 0) is 0 Å². The SMILES string of the molecule is C[C@H](Nc1ncc(-c2ccccc2)s1)c1ccccc1. The average molecular weight is 280 g/mol. The smallest absolute Gasteiger partial charge is 0.183 e. The number of hydrogen-bond donors (Lipinski definition) is 1. The van der Waals surface area contributed by atoms with Crippen molar-refractivity contribution in [2.75, 3.05) is 5.32 Å². The summed E-state index contributed by atoms with van der Waals surface area (Å²) in [5.74, 6) is 0. The first kappa shape index (κ1) is 12.9. The Morgan fingerprint density at radius 2 is 1.60 bits per heavy atom. The summed E-state index contributed by atoms with van der Waals surface area (Å²) in [4.78, 5) is 5.65. The maximum absolute atomic E-state index is 4.47. The summed E-state index contributed by atoms with van der Waals surface area (Å²) < 4.78 is 0. The van der Waals surface area contributed by atoms with Crippen LogP contribution >= 0.6 is 11.3 Å². The number of thiazole rings is 1. The van der Waals surface area contributed by atoms with Gasteiger partial charge in [0.1, 0.15) is 0 Å². The summed E-state index contributed by atoms with van der Waals surface area (Å²) in [7, 11) is 0. The fraction of sp³-hybridized carbons (Fsp3) is 0.118. The molecule has 3 rings (SSSR count). The monoisotopic (exact) mass is 280 g/mol. The normalized spacial score (nSPS) is 12.1. The van der Waals surface area contributed by atoms with Crippen molar-refractivity contribution in [1.82, 2.24) is 4.98 Å². The van der Waals surface area contributed by atoms with Crippen LogP contribution in [0.3, 0.4) is 0 Å². The molecule has 0 saturated heterocycles. The lowest BCUT2D eigenvalue weighted by Gasteiger charge is -2.12. The molecule has 0 spiro atoms. The molecule has 0 amide bonds. The molecule has 3 heteroatoms. The van der Waals surface area contributed by atoms with Crippen LogP contribution in [0.2, 0.25) is 0 Å². The third-order valence-corrected chi connectivity index (χ3v) is 4.18. The molecule has 0 aliphatic carbocycles. The first-order valence-corrected chi connectivity index (χ1v) is 7.47. The zero-order chi connectivity index (χ0) is 13.8. The van der Waals surface area contributed by atoms with Crippen molar-refractivity contribution in [1.29, 1.82) is 0 Å². The average Bonchev–Trinajstić information content (AvgIpc) is 2.97. The Kier molecular flexibility index (Phi) is 3.79. The minimum Gasteiger partial charge on any atom is -0.355 e. The van der Waals surface area contributed by atoms with Crippen molar-refractivity contribution in [3.8, 4) is 10.4 Å². The number of nitrogens with zero attached hydrogens (tertiary/aromatic N) is 1. The van der Waals surface area contributed by atoms with E-state index in [2.05, 4.69) is 65.8 Å². The van der Waals surface area contributed by atoms with Gasteiger partial charge >= 0.3 is 0 Å². The van der Waals surface area contributed by atoms with Crippen molar-refractivity contribution in [2.24, 2.45) is 0 Å². The Morgan fingerprint density at radius 1 is 0.950 bits per heavy atom. The highest BCUT2D eigenvalue weighted by atomic mass is 32.1. The number of anilines is 1. The second kappa shape index (κ2) is 5.88. The Labute approximate surface area is 123 Å². The summed E-state index contributed by atoms with van der Waals surface area (Å²) in [6.45, 7) is 2.15. The predicted molar refractivity (Wildman–Crippen MR) is 86.0 cm³/mol. The molecule has 1 N–H and O–H groups in total. The highest BCUT2D eigenvalue weighted by Crippen LogP contribution is 2.30. The van der Waals surface area contributed by atoms with Crippen LogP contribution in [0.5, 0.6) is 0 Å². The van der Waals surface area contributed by atoms with Crippen molar-refractivity contribution in [3.05, 3.63) is 72.4 Å². The third-order valence-electron chi connectivity index (χ3n) is 3.20. The lowest BCUT2D eigenvalue weighted by Crippen LogP contribution is -2.05. The Balaban J connectivity index is 1.75. The van der Waals surface area contributed by atoms with Gasteiger partial charge in [-0.15, -0.1) is 0 Å². The second-order valence-corrected chi connectivity index (χ2v) is 5.70. The molecule has 0 fully saturated rings. The lowest BCUT2D eigenvalue weighted by atomic mass is 10.1. The first-order chi connectivity index (χ1) is 9.83. The fourth-order valence-electron chi connectivity index (χ4n) is 2.09. The molecule has 2 nitrogen and oxygen atoms in total. The van der Waals surface area contributed by atoms with Gasteiger partial charge in [-0.25, -0.2) is 4.98 Å². The van der Waals surface area contributed by atoms with Gasteiger partial charge in [-0.05, 0) is 18.1 Å². The summed E-state index contributed by atoms with van der Waals surface area (Å²) >= 11 is 1.69. The molecule has 1 atom stereocenters. The van der Waals surface area contributed by atoms with Crippen LogP contribution in [0.1, 0.15) is 18.5 Å². The van der Waals surface area contributed by atoms with Crippen molar-refractivity contribution in [2.45, 2.75) is 13.0 Å². The van der Waals surface area contributed by atoms with Gasteiger partial charge in [-0.3, -0.25) is 0 Å². The van der Waals surface area contributed by atoms with Gasteiger partial charge in [0.2, 0.25) is 0 Å². The Hall–Kier alpha value is -2.13. The van der Waals surface area contributed by atoms with Gasteiger partial charge in [0.15, 0.2) is 5.13 Å². The van der Waals surface area contributed by atoms with E-state index < -0.39 is 0 Å². The highest BCUT2D eigenvalue weighted by Gasteiger charge is 2.08. The molecule has 3 aromatic rings. The van der Waals surface area contributed by atoms with Gasteiger partial charge in [0.05, 0.1) is 10.9 Å². The first-order valence-electron chi connectivity index (χ1n) is 6.65. The number of benzene rings is 2. The van der Waals surface area contributed by atoms with Gasteiger partial charge in [0.25, 0.3) is 0 Å². The van der Waals surface area contributed by atoms with Crippen LogP contribution in [0.15, 0.2) is 66.9 Å². The van der Waals surface area contributed by atoms with E-state index >= 15 is 0 Å². The van der Waals surface area contributed by atoms with Crippen LogP contribution in [0, 0.1) is 0 Å². The zero-order valence-corrected chi connectivity index (χ0v) is 12.1. The number of rotatable bonds is 4. The van der Waals surface area contributed by atoms with E-state index in [0.29, 0.717) is 0 Å². The maximum atomic E-state index is 4.47. The number of aromatic nitrogens is 1. The topological polar surface area (TPSA) is 24.9 Å². The maximum Gasteiger partial charge on any atom is 0.183 e. The highest BCUT2D eigenvalue weighted by molar-refractivity contribution is 7.18. The fourth-order valence-corrected chi connectivity index (χ4v) is 3.00.